The van der Waals surface area contributed by atoms with Crippen molar-refractivity contribution in [2.45, 2.75) is 6.54 Å². The lowest BCUT2D eigenvalue weighted by atomic mass is 10.0. The second-order valence-corrected chi connectivity index (χ2v) is 4.90. The summed E-state index contributed by atoms with van der Waals surface area (Å²) in [5.41, 5.74) is 1.36. The van der Waals surface area contributed by atoms with Gasteiger partial charge in [-0.05, 0) is 16.3 Å². The normalized spacial score (nSPS) is 11.3. The first-order valence-electron chi connectivity index (χ1n) is 7.02. The molecule has 2 aromatic carbocycles. The van der Waals surface area contributed by atoms with Gasteiger partial charge in [0.25, 0.3) is 0 Å². The molecule has 0 N–H and O–H groups in total. The predicted octanol–water partition coefficient (Wildman–Crippen LogP) is 2.93. The van der Waals surface area contributed by atoms with Crippen LogP contribution in [0.4, 0.5) is 0 Å². The lowest BCUT2D eigenvalue weighted by molar-refractivity contribution is 0.110. The van der Waals surface area contributed by atoms with Gasteiger partial charge in [-0.15, -0.1) is 0 Å². The zero-order valence-electron chi connectivity index (χ0n) is 12.3. The third-order valence-electron chi connectivity index (χ3n) is 3.50. The van der Waals surface area contributed by atoms with Crippen molar-refractivity contribution < 1.29 is 9.47 Å². The Morgan fingerprint density at radius 2 is 1.50 bits per heavy atom. The van der Waals surface area contributed by atoms with Crippen molar-refractivity contribution in [1.82, 2.24) is 4.90 Å². The standard InChI is InChI=1S/C17H23NO2/c1-19-12-10-18(11-13-20-2)14-16-8-5-7-15-6-3-4-9-17(15)16/h3-9H,10-14H2,1-2H3. The van der Waals surface area contributed by atoms with E-state index in [0.717, 1.165) is 32.8 Å². The minimum atomic E-state index is 0.745. The smallest absolute Gasteiger partial charge is 0.0589 e. The summed E-state index contributed by atoms with van der Waals surface area (Å²) in [7, 11) is 3.48. The summed E-state index contributed by atoms with van der Waals surface area (Å²) >= 11 is 0. The maximum Gasteiger partial charge on any atom is 0.0589 e. The first-order chi connectivity index (χ1) is 9.85. The number of benzene rings is 2. The van der Waals surface area contributed by atoms with Crippen LogP contribution in [0.5, 0.6) is 0 Å². The number of nitrogens with zero attached hydrogens (tertiary/aromatic N) is 1. The fraction of sp³-hybridized carbons (Fsp3) is 0.412. The second kappa shape index (κ2) is 8.00. The van der Waals surface area contributed by atoms with Crippen molar-refractivity contribution in [3.63, 3.8) is 0 Å². The molecule has 0 bridgehead atoms. The Morgan fingerprint density at radius 3 is 2.20 bits per heavy atom. The fourth-order valence-electron chi connectivity index (χ4n) is 2.38. The van der Waals surface area contributed by atoms with E-state index in [0.29, 0.717) is 0 Å². The van der Waals surface area contributed by atoms with E-state index in [9.17, 15) is 0 Å². The van der Waals surface area contributed by atoms with E-state index in [-0.39, 0.29) is 0 Å². The molecule has 2 rings (SSSR count). The van der Waals surface area contributed by atoms with Gasteiger partial charge in [0.05, 0.1) is 13.2 Å². The average molecular weight is 273 g/mol. The van der Waals surface area contributed by atoms with E-state index in [1.165, 1.54) is 16.3 Å². The summed E-state index contributed by atoms with van der Waals surface area (Å²) in [5, 5.41) is 2.62. The van der Waals surface area contributed by atoms with Crippen LogP contribution in [0.3, 0.4) is 0 Å². The molecule has 2 aromatic rings. The Labute approximate surface area is 121 Å². The topological polar surface area (TPSA) is 21.7 Å². The van der Waals surface area contributed by atoms with E-state index >= 15 is 0 Å². The van der Waals surface area contributed by atoms with Gasteiger partial charge < -0.3 is 9.47 Å². The third kappa shape index (κ3) is 4.04. The maximum absolute atomic E-state index is 5.19. The Hall–Kier alpha value is -1.42. The largest absolute Gasteiger partial charge is 0.383 e. The highest BCUT2D eigenvalue weighted by molar-refractivity contribution is 5.85. The highest BCUT2D eigenvalue weighted by Gasteiger charge is 2.08. The minimum Gasteiger partial charge on any atom is -0.383 e. The highest BCUT2D eigenvalue weighted by Crippen LogP contribution is 2.19. The predicted molar refractivity (Wildman–Crippen MR) is 83.0 cm³/mol. The molecule has 0 spiro atoms. The van der Waals surface area contributed by atoms with Gasteiger partial charge >= 0.3 is 0 Å². The number of ether oxygens (including phenoxy) is 2. The number of fused-ring (bicyclic) bond motifs is 1. The third-order valence-corrected chi connectivity index (χ3v) is 3.50. The molecule has 3 heteroatoms. The van der Waals surface area contributed by atoms with Gasteiger partial charge in [-0.2, -0.15) is 0 Å². The quantitative estimate of drug-likeness (QED) is 0.738. The van der Waals surface area contributed by atoms with Crippen LogP contribution >= 0.6 is 0 Å². The molecule has 0 saturated carbocycles. The van der Waals surface area contributed by atoms with Crippen LogP contribution < -0.4 is 0 Å². The van der Waals surface area contributed by atoms with Gasteiger partial charge in [-0.1, -0.05) is 42.5 Å². The Morgan fingerprint density at radius 1 is 0.850 bits per heavy atom. The van der Waals surface area contributed by atoms with Crippen LogP contribution in [0.1, 0.15) is 5.56 Å². The summed E-state index contributed by atoms with van der Waals surface area (Å²) in [5.74, 6) is 0. The summed E-state index contributed by atoms with van der Waals surface area (Å²) in [6.45, 7) is 4.25. The lowest BCUT2D eigenvalue weighted by Crippen LogP contribution is -2.30. The van der Waals surface area contributed by atoms with Crippen molar-refractivity contribution in [3.8, 4) is 0 Å². The minimum absolute atomic E-state index is 0.745. The Bertz CT molecular complexity index is 514. The molecular formula is C17H23NO2. The van der Waals surface area contributed by atoms with Crippen LogP contribution in [0.2, 0.25) is 0 Å². The zero-order valence-corrected chi connectivity index (χ0v) is 12.3. The molecule has 0 aliphatic carbocycles. The Balaban J connectivity index is 2.14. The van der Waals surface area contributed by atoms with Gasteiger partial charge in [0.15, 0.2) is 0 Å². The first kappa shape index (κ1) is 15.0. The monoisotopic (exact) mass is 273 g/mol. The SMILES string of the molecule is COCCN(CCOC)Cc1cccc2ccccc12. The summed E-state index contributed by atoms with van der Waals surface area (Å²) in [6, 6.07) is 15.0. The van der Waals surface area contributed by atoms with Crippen molar-refractivity contribution in [3.05, 3.63) is 48.0 Å². The highest BCUT2D eigenvalue weighted by atomic mass is 16.5. The Kier molecular flexibility index (Phi) is 5.99. The van der Waals surface area contributed by atoms with E-state index in [2.05, 4.69) is 47.4 Å². The molecule has 0 aliphatic heterocycles. The molecule has 0 fully saturated rings. The summed E-state index contributed by atoms with van der Waals surface area (Å²) in [6.07, 6.45) is 0. The second-order valence-electron chi connectivity index (χ2n) is 4.90. The molecule has 20 heavy (non-hydrogen) atoms. The fourth-order valence-corrected chi connectivity index (χ4v) is 2.38. The van der Waals surface area contributed by atoms with Crippen molar-refractivity contribution >= 4 is 10.8 Å². The summed E-state index contributed by atoms with van der Waals surface area (Å²) < 4.78 is 10.4. The number of methoxy groups -OCH3 is 2. The molecule has 108 valence electrons. The van der Waals surface area contributed by atoms with Crippen LogP contribution in [0, 0.1) is 0 Å². The molecule has 0 saturated heterocycles. The van der Waals surface area contributed by atoms with Crippen LogP contribution in [0.15, 0.2) is 42.5 Å². The molecule has 0 aromatic heterocycles. The van der Waals surface area contributed by atoms with E-state index in [1.807, 2.05) is 0 Å². The van der Waals surface area contributed by atoms with E-state index in [4.69, 9.17) is 9.47 Å². The van der Waals surface area contributed by atoms with Crippen LogP contribution in [-0.4, -0.2) is 45.4 Å². The number of hydrogen-bond acceptors (Lipinski definition) is 3. The molecule has 0 heterocycles. The molecule has 0 aliphatic rings. The molecule has 3 nitrogen and oxygen atoms in total. The molecule has 0 radical (unpaired) electrons. The van der Waals surface area contributed by atoms with Crippen molar-refractivity contribution in [1.29, 1.82) is 0 Å². The summed E-state index contributed by atoms with van der Waals surface area (Å²) in [4.78, 5) is 2.37. The van der Waals surface area contributed by atoms with Crippen LogP contribution in [0.25, 0.3) is 10.8 Å². The molecule has 0 atom stereocenters. The lowest BCUT2D eigenvalue weighted by Gasteiger charge is -2.22. The van der Waals surface area contributed by atoms with Gasteiger partial charge in [0, 0.05) is 33.9 Å². The van der Waals surface area contributed by atoms with Crippen LogP contribution in [-0.2, 0) is 16.0 Å². The van der Waals surface area contributed by atoms with Gasteiger partial charge in [0.1, 0.15) is 0 Å². The van der Waals surface area contributed by atoms with Gasteiger partial charge in [-0.3, -0.25) is 4.90 Å². The molecular weight excluding hydrogens is 250 g/mol. The maximum atomic E-state index is 5.19. The van der Waals surface area contributed by atoms with E-state index < -0.39 is 0 Å². The van der Waals surface area contributed by atoms with E-state index in [1.54, 1.807) is 14.2 Å². The molecule has 0 amide bonds. The van der Waals surface area contributed by atoms with Gasteiger partial charge in [0.2, 0.25) is 0 Å². The zero-order chi connectivity index (χ0) is 14.2. The van der Waals surface area contributed by atoms with Gasteiger partial charge in [-0.25, -0.2) is 0 Å². The average Bonchev–Trinajstić information content (AvgIpc) is 2.50. The first-order valence-corrected chi connectivity index (χ1v) is 7.02. The molecule has 0 unspecified atom stereocenters. The number of hydrogen-bond donors (Lipinski definition) is 0. The van der Waals surface area contributed by atoms with Crippen molar-refractivity contribution in [2.24, 2.45) is 0 Å². The number of rotatable bonds is 8. The van der Waals surface area contributed by atoms with Crippen molar-refractivity contribution in [2.75, 3.05) is 40.5 Å².